The fourth-order valence-corrected chi connectivity index (χ4v) is 2.17. The molecule has 0 heterocycles. The maximum absolute atomic E-state index is 13.2. The van der Waals surface area contributed by atoms with E-state index in [0.717, 1.165) is 17.0 Å². The Hall–Kier alpha value is -2.23. The summed E-state index contributed by atoms with van der Waals surface area (Å²) in [4.78, 5) is 2.01. The molecule has 112 valence electrons. The van der Waals surface area contributed by atoms with Crippen molar-refractivity contribution < 1.29 is 9.13 Å². The molecule has 2 rings (SSSR count). The first-order valence-electron chi connectivity index (χ1n) is 6.97. The summed E-state index contributed by atoms with van der Waals surface area (Å²) in [6.45, 7) is 4.54. The lowest BCUT2D eigenvalue weighted by atomic mass is 10.2. The third-order valence-corrected chi connectivity index (χ3v) is 3.03. The van der Waals surface area contributed by atoms with Gasteiger partial charge in [-0.3, -0.25) is 0 Å². The van der Waals surface area contributed by atoms with Gasteiger partial charge in [-0.05, 0) is 37.6 Å². The number of halogens is 1. The molecule has 0 aromatic heterocycles. The Morgan fingerprint density at radius 1 is 1.19 bits per heavy atom. The molecule has 0 amide bonds. The van der Waals surface area contributed by atoms with Gasteiger partial charge in [0, 0.05) is 37.1 Å². The molecule has 21 heavy (non-hydrogen) atoms. The second kappa shape index (κ2) is 6.48. The topological polar surface area (TPSA) is 38.5 Å². The number of nitrogens with two attached hydrogens (primary N) is 1. The highest BCUT2D eigenvalue weighted by Crippen LogP contribution is 2.26. The zero-order valence-electron chi connectivity index (χ0n) is 12.6. The van der Waals surface area contributed by atoms with Crippen molar-refractivity contribution >= 4 is 11.4 Å². The Labute approximate surface area is 125 Å². The number of nitrogens with zero attached hydrogens (tertiary/aromatic N) is 1. The van der Waals surface area contributed by atoms with Crippen molar-refractivity contribution in [3.05, 3.63) is 53.8 Å². The van der Waals surface area contributed by atoms with Gasteiger partial charge in [-0.25, -0.2) is 4.39 Å². The quantitative estimate of drug-likeness (QED) is 0.850. The fourth-order valence-electron chi connectivity index (χ4n) is 2.17. The Balaban J connectivity index is 2.18. The van der Waals surface area contributed by atoms with Crippen molar-refractivity contribution in [1.29, 1.82) is 0 Å². The van der Waals surface area contributed by atoms with Gasteiger partial charge in [-0.15, -0.1) is 0 Å². The van der Waals surface area contributed by atoms with Crippen molar-refractivity contribution in [3.63, 3.8) is 0 Å². The molecule has 0 unspecified atom stereocenters. The summed E-state index contributed by atoms with van der Waals surface area (Å²) in [5.74, 6) is 0.517. The van der Waals surface area contributed by atoms with Gasteiger partial charge in [-0.1, -0.05) is 12.1 Å². The molecule has 0 atom stereocenters. The normalized spacial score (nSPS) is 10.7. The van der Waals surface area contributed by atoms with Gasteiger partial charge in [-0.2, -0.15) is 0 Å². The lowest BCUT2D eigenvalue weighted by molar-refractivity contribution is 0.242. The van der Waals surface area contributed by atoms with Crippen molar-refractivity contribution in [3.8, 4) is 5.75 Å². The van der Waals surface area contributed by atoms with Crippen LogP contribution in [-0.4, -0.2) is 13.2 Å². The number of rotatable bonds is 5. The van der Waals surface area contributed by atoms with Crippen LogP contribution in [0, 0.1) is 5.82 Å². The lowest BCUT2D eigenvalue weighted by Crippen LogP contribution is -2.17. The highest BCUT2D eigenvalue weighted by molar-refractivity contribution is 5.60. The maximum Gasteiger partial charge on any atom is 0.123 e. The summed E-state index contributed by atoms with van der Waals surface area (Å²) < 4.78 is 18.9. The third-order valence-electron chi connectivity index (χ3n) is 3.03. The first kappa shape index (κ1) is 15.2. The minimum atomic E-state index is -0.225. The summed E-state index contributed by atoms with van der Waals surface area (Å²) in [5.41, 5.74) is 8.42. The van der Waals surface area contributed by atoms with Gasteiger partial charge in [0.05, 0.1) is 6.10 Å². The van der Waals surface area contributed by atoms with Crippen LogP contribution < -0.4 is 15.4 Å². The van der Waals surface area contributed by atoms with Crippen LogP contribution >= 0.6 is 0 Å². The molecule has 3 nitrogen and oxygen atoms in total. The molecule has 2 aromatic rings. The predicted octanol–water partition coefficient (Wildman–Crippen LogP) is 3.83. The van der Waals surface area contributed by atoms with E-state index in [1.807, 2.05) is 44.0 Å². The summed E-state index contributed by atoms with van der Waals surface area (Å²) in [7, 11) is 1.94. The molecule has 0 fully saturated rings. The SMILES string of the molecule is CC(C)Oc1cc(N)cc(N(C)Cc2cccc(F)c2)c1. The summed E-state index contributed by atoms with van der Waals surface area (Å²) >= 11 is 0. The van der Waals surface area contributed by atoms with Crippen molar-refractivity contribution in [2.45, 2.75) is 26.5 Å². The van der Waals surface area contributed by atoms with E-state index in [9.17, 15) is 4.39 Å². The second-order valence-corrected chi connectivity index (χ2v) is 5.41. The Kier molecular flexibility index (Phi) is 4.68. The maximum atomic E-state index is 13.2. The summed E-state index contributed by atoms with van der Waals surface area (Å²) in [6.07, 6.45) is 0.0909. The molecule has 0 bridgehead atoms. The van der Waals surface area contributed by atoms with Gasteiger partial charge in [0.2, 0.25) is 0 Å². The van der Waals surface area contributed by atoms with Crippen LogP contribution in [0.5, 0.6) is 5.75 Å². The van der Waals surface area contributed by atoms with Crippen molar-refractivity contribution in [1.82, 2.24) is 0 Å². The van der Waals surface area contributed by atoms with E-state index < -0.39 is 0 Å². The van der Waals surface area contributed by atoms with Gasteiger partial charge < -0.3 is 15.4 Å². The number of ether oxygens (including phenoxy) is 1. The average Bonchev–Trinajstić information content (AvgIpc) is 2.37. The minimum absolute atomic E-state index is 0.0909. The van der Waals surface area contributed by atoms with E-state index in [4.69, 9.17) is 10.5 Å². The molecule has 0 saturated heterocycles. The molecule has 0 aliphatic heterocycles. The van der Waals surface area contributed by atoms with Crippen LogP contribution in [0.25, 0.3) is 0 Å². The average molecular weight is 288 g/mol. The van der Waals surface area contributed by atoms with E-state index in [0.29, 0.717) is 12.2 Å². The molecule has 0 aliphatic carbocycles. The van der Waals surface area contributed by atoms with Crippen LogP contribution in [-0.2, 0) is 6.54 Å². The van der Waals surface area contributed by atoms with E-state index in [2.05, 4.69) is 0 Å². The van der Waals surface area contributed by atoms with Crippen LogP contribution in [0.1, 0.15) is 19.4 Å². The number of anilines is 2. The predicted molar refractivity (Wildman–Crippen MR) is 85.1 cm³/mol. The smallest absolute Gasteiger partial charge is 0.123 e. The van der Waals surface area contributed by atoms with E-state index in [1.54, 1.807) is 12.1 Å². The van der Waals surface area contributed by atoms with Crippen molar-refractivity contribution in [2.24, 2.45) is 0 Å². The van der Waals surface area contributed by atoms with Gasteiger partial charge in [0.15, 0.2) is 0 Å². The molecule has 2 N–H and O–H groups in total. The number of nitrogen functional groups attached to an aromatic ring is 1. The van der Waals surface area contributed by atoms with E-state index >= 15 is 0 Å². The summed E-state index contributed by atoms with van der Waals surface area (Å²) in [6, 6.07) is 12.2. The Bertz CT molecular complexity index is 613. The van der Waals surface area contributed by atoms with Crippen LogP contribution in [0.2, 0.25) is 0 Å². The van der Waals surface area contributed by atoms with Crippen LogP contribution in [0.3, 0.4) is 0 Å². The van der Waals surface area contributed by atoms with Gasteiger partial charge in [0.25, 0.3) is 0 Å². The number of hydrogen-bond donors (Lipinski definition) is 1. The first-order chi connectivity index (χ1) is 9.94. The van der Waals surface area contributed by atoms with Gasteiger partial charge >= 0.3 is 0 Å². The van der Waals surface area contributed by atoms with Crippen LogP contribution in [0.4, 0.5) is 15.8 Å². The van der Waals surface area contributed by atoms with E-state index in [-0.39, 0.29) is 11.9 Å². The number of hydrogen-bond acceptors (Lipinski definition) is 3. The standard InChI is InChI=1S/C17H21FN2O/c1-12(2)21-17-9-15(19)8-16(10-17)20(3)11-13-5-4-6-14(18)7-13/h4-10,12H,11,19H2,1-3H3. The molecule has 2 aromatic carbocycles. The zero-order valence-corrected chi connectivity index (χ0v) is 12.6. The van der Waals surface area contributed by atoms with Crippen molar-refractivity contribution in [2.75, 3.05) is 17.7 Å². The Morgan fingerprint density at radius 3 is 2.62 bits per heavy atom. The highest BCUT2D eigenvalue weighted by atomic mass is 19.1. The monoisotopic (exact) mass is 288 g/mol. The zero-order chi connectivity index (χ0) is 15.4. The van der Waals surface area contributed by atoms with E-state index in [1.165, 1.54) is 12.1 Å². The third kappa shape index (κ3) is 4.38. The molecule has 0 spiro atoms. The molecule has 0 saturated carbocycles. The fraction of sp³-hybridized carbons (Fsp3) is 0.294. The molecule has 0 aliphatic rings. The lowest BCUT2D eigenvalue weighted by Gasteiger charge is -2.21. The first-order valence-corrected chi connectivity index (χ1v) is 6.97. The molecule has 4 heteroatoms. The largest absolute Gasteiger partial charge is 0.491 e. The van der Waals surface area contributed by atoms with Gasteiger partial charge in [0.1, 0.15) is 11.6 Å². The van der Waals surface area contributed by atoms with Crippen LogP contribution in [0.15, 0.2) is 42.5 Å². The Morgan fingerprint density at radius 2 is 1.95 bits per heavy atom. The molecule has 0 radical (unpaired) electrons. The highest BCUT2D eigenvalue weighted by Gasteiger charge is 2.07. The summed E-state index contributed by atoms with van der Waals surface area (Å²) in [5, 5.41) is 0. The minimum Gasteiger partial charge on any atom is -0.491 e. The second-order valence-electron chi connectivity index (χ2n) is 5.41. The molecular formula is C17H21FN2O. The number of benzene rings is 2. The molecular weight excluding hydrogens is 267 g/mol.